The van der Waals surface area contributed by atoms with Crippen LogP contribution in [0.3, 0.4) is 0 Å². The molecule has 0 N–H and O–H groups in total. The highest BCUT2D eigenvalue weighted by Crippen LogP contribution is 2.47. The number of halogens is 2. The van der Waals surface area contributed by atoms with Crippen molar-refractivity contribution in [3.8, 4) is 5.75 Å². The van der Waals surface area contributed by atoms with Crippen LogP contribution < -0.4 is 4.74 Å². The topological polar surface area (TPSA) is 35.5 Å². The number of benzene rings is 1. The summed E-state index contributed by atoms with van der Waals surface area (Å²) >= 11 is 0. The minimum absolute atomic E-state index is 0.0561. The van der Waals surface area contributed by atoms with Crippen LogP contribution in [0.1, 0.15) is 18.9 Å². The Kier molecular flexibility index (Phi) is 3.00. The van der Waals surface area contributed by atoms with Gasteiger partial charge in [0.05, 0.1) is 13.0 Å². The van der Waals surface area contributed by atoms with Gasteiger partial charge in [0.2, 0.25) is 5.67 Å². The van der Waals surface area contributed by atoms with Gasteiger partial charge < -0.3 is 9.47 Å². The van der Waals surface area contributed by atoms with Crippen molar-refractivity contribution in [1.29, 1.82) is 0 Å². The van der Waals surface area contributed by atoms with Gasteiger partial charge in [-0.15, -0.1) is 0 Å². The molecule has 0 spiro atoms. The van der Waals surface area contributed by atoms with E-state index in [0.29, 0.717) is 0 Å². The maximum absolute atomic E-state index is 14.5. The summed E-state index contributed by atoms with van der Waals surface area (Å²) in [6, 6.07) is 6.06. The third-order valence-corrected chi connectivity index (χ3v) is 2.63. The van der Waals surface area contributed by atoms with E-state index in [4.69, 9.17) is 4.74 Å². The van der Waals surface area contributed by atoms with Crippen molar-refractivity contribution in [2.75, 3.05) is 6.61 Å². The molecule has 0 aromatic heterocycles. The van der Waals surface area contributed by atoms with Crippen LogP contribution in [0.15, 0.2) is 24.3 Å². The minimum Gasteiger partial charge on any atom is -0.466 e. The number of rotatable bonds is 3. The molecular weight excluding hydrogens is 230 g/mol. The fraction of sp³-hybridized carbons (Fsp3) is 0.417. The van der Waals surface area contributed by atoms with E-state index in [1.807, 2.05) is 0 Å². The lowest BCUT2D eigenvalue weighted by molar-refractivity contribution is -0.151. The van der Waals surface area contributed by atoms with E-state index >= 15 is 0 Å². The Balaban J connectivity index is 2.27. The molecule has 0 aliphatic carbocycles. The molecule has 0 saturated carbocycles. The summed E-state index contributed by atoms with van der Waals surface area (Å²) in [6.45, 7) is 1.74. The standard InChI is InChI=1S/C12H12F2O3/c1-2-16-10(15)7-12(14)8-5-3-4-6-9(8)17-11(12)13/h3-6,11H,2,7H2,1H3/t11-,12+/m0/s1. The number of hydrogen-bond donors (Lipinski definition) is 0. The highest BCUT2D eigenvalue weighted by molar-refractivity contribution is 5.72. The molecule has 0 saturated heterocycles. The molecule has 1 aromatic rings. The molecule has 1 aromatic carbocycles. The lowest BCUT2D eigenvalue weighted by Gasteiger charge is -2.19. The van der Waals surface area contributed by atoms with Crippen molar-refractivity contribution in [3.05, 3.63) is 29.8 Å². The van der Waals surface area contributed by atoms with E-state index in [-0.39, 0.29) is 17.9 Å². The van der Waals surface area contributed by atoms with E-state index in [1.54, 1.807) is 19.1 Å². The summed E-state index contributed by atoms with van der Waals surface area (Å²) in [4.78, 5) is 11.3. The summed E-state index contributed by atoms with van der Waals surface area (Å²) in [5.41, 5.74) is -2.40. The van der Waals surface area contributed by atoms with Gasteiger partial charge in [-0.2, -0.15) is 4.39 Å². The summed E-state index contributed by atoms with van der Waals surface area (Å²) in [7, 11) is 0. The monoisotopic (exact) mass is 242 g/mol. The lowest BCUT2D eigenvalue weighted by atomic mass is 9.94. The maximum Gasteiger partial charge on any atom is 0.309 e. The first-order valence-electron chi connectivity index (χ1n) is 5.32. The van der Waals surface area contributed by atoms with E-state index in [9.17, 15) is 13.6 Å². The Morgan fingerprint density at radius 3 is 2.94 bits per heavy atom. The first-order chi connectivity index (χ1) is 8.08. The van der Waals surface area contributed by atoms with Crippen LogP contribution in [-0.4, -0.2) is 18.9 Å². The van der Waals surface area contributed by atoms with Crippen molar-refractivity contribution in [2.24, 2.45) is 0 Å². The summed E-state index contributed by atoms with van der Waals surface area (Å²) in [6.07, 6.45) is -2.86. The molecule has 2 rings (SSSR count). The Morgan fingerprint density at radius 1 is 1.53 bits per heavy atom. The zero-order valence-electron chi connectivity index (χ0n) is 9.28. The molecular formula is C12H12F2O3. The summed E-state index contributed by atoms with van der Waals surface area (Å²) in [5.74, 6) is -0.648. The Morgan fingerprint density at radius 2 is 2.24 bits per heavy atom. The Hall–Kier alpha value is -1.65. The van der Waals surface area contributed by atoms with Crippen molar-refractivity contribution in [2.45, 2.75) is 25.4 Å². The maximum atomic E-state index is 14.5. The average Bonchev–Trinajstić information content (AvgIpc) is 2.52. The highest BCUT2D eigenvalue weighted by Gasteiger charge is 2.52. The normalized spacial score (nSPS) is 26.2. The quantitative estimate of drug-likeness (QED) is 0.764. The van der Waals surface area contributed by atoms with Crippen molar-refractivity contribution in [1.82, 2.24) is 0 Å². The Bertz CT molecular complexity index is 436. The highest BCUT2D eigenvalue weighted by atomic mass is 19.2. The number of alkyl halides is 2. The molecule has 1 aliphatic rings. The van der Waals surface area contributed by atoms with Crippen molar-refractivity contribution < 1.29 is 23.0 Å². The van der Waals surface area contributed by atoms with Gasteiger partial charge in [0, 0.05) is 5.56 Å². The lowest BCUT2D eigenvalue weighted by Crippen LogP contribution is -2.33. The molecule has 3 nitrogen and oxygen atoms in total. The molecule has 0 bridgehead atoms. The molecule has 0 radical (unpaired) electrons. The second-order valence-corrected chi connectivity index (χ2v) is 3.77. The van der Waals surface area contributed by atoms with E-state index in [2.05, 4.69) is 4.74 Å². The average molecular weight is 242 g/mol. The number of hydrogen-bond acceptors (Lipinski definition) is 3. The van der Waals surface area contributed by atoms with Crippen LogP contribution in [0.5, 0.6) is 5.75 Å². The predicted octanol–water partition coefficient (Wildman–Crippen LogP) is 2.49. The molecule has 5 heteroatoms. The van der Waals surface area contributed by atoms with Gasteiger partial charge in [-0.1, -0.05) is 18.2 Å². The molecule has 17 heavy (non-hydrogen) atoms. The van der Waals surface area contributed by atoms with Gasteiger partial charge in [-0.3, -0.25) is 4.79 Å². The summed E-state index contributed by atoms with van der Waals surface area (Å²) < 4.78 is 37.4. The van der Waals surface area contributed by atoms with Crippen LogP contribution in [-0.2, 0) is 15.2 Å². The second kappa shape index (κ2) is 4.31. The molecule has 2 atom stereocenters. The van der Waals surface area contributed by atoms with Crippen LogP contribution in [0.25, 0.3) is 0 Å². The molecule has 0 amide bonds. The van der Waals surface area contributed by atoms with Crippen LogP contribution in [0.2, 0.25) is 0 Å². The van der Waals surface area contributed by atoms with Gasteiger partial charge in [0.15, 0.2) is 0 Å². The zero-order valence-corrected chi connectivity index (χ0v) is 9.28. The van der Waals surface area contributed by atoms with Crippen molar-refractivity contribution in [3.63, 3.8) is 0 Å². The third-order valence-electron chi connectivity index (χ3n) is 2.63. The number of carbonyl (C=O) groups is 1. The SMILES string of the molecule is CCOC(=O)C[C@@]1(F)c2ccccc2O[C@@H]1F. The summed E-state index contributed by atoms with van der Waals surface area (Å²) in [5, 5.41) is 0. The fourth-order valence-corrected chi connectivity index (χ4v) is 1.84. The number of para-hydroxylation sites is 1. The number of ether oxygens (including phenoxy) is 2. The third kappa shape index (κ3) is 1.97. The fourth-order valence-electron chi connectivity index (χ4n) is 1.84. The smallest absolute Gasteiger partial charge is 0.309 e. The predicted molar refractivity (Wildman–Crippen MR) is 56.0 cm³/mol. The van der Waals surface area contributed by atoms with Gasteiger partial charge >= 0.3 is 5.97 Å². The number of fused-ring (bicyclic) bond motifs is 1. The molecule has 0 fully saturated rings. The Labute approximate surface area is 97.3 Å². The zero-order chi connectivity index (χ0) is 12.5. The van der Waals surface area contributed by atoms with Gasteiger partial charge in [-0.05, 0) is 13.0 Å². The molecule has 1 heterocycles. The van der Waals surface area contributed by atoms with Gasteiger partial charge in [-0.25, -0.2) is 4.39 Å². The van der Waals surface area contributed by atoms with E-state index in [1.165, 1.54) is 12.1 Å². The van der Waals surface area contributed by atoms with Gasteiger partial charge in [0.25, 0.3) is 6.36 Å². The molecule has 92 valence electrons. The first-order valence-corrected chi connectivity index (χ1v) is 5.32. The number of carbonyl (C=O) groups excluding carboxylic acids is 1. The van der Waals surface area contributed by atoms with Crippen molar-refractivity contribution >= 4 is 5.97 Å². The number of esters is 1. The van der Waals surface area contributed by atoms with E-state index in [0.717, 1.165) is 0 Å². The molecule has 1 aliphatic heterocycles. The van der Waals surface area contributed by atoms with E-state index < -0.39 is 24.4 Å². The largest absolute Gasteiger partial charge is 0.466 e. The first kappa shape index (κ1) is 11.8. The van der Waals surface area contributed by atoms with Gasteiger partial charge in [0.1, 0.15) is 5.75 Å². The van der Waals surface area contributed by atoms with Crippen LogP contribution >= 0.6 is 0 Å². The van der Waals surface area contributed by atoms with Crippen LogP contribution in [0.4, 0.5) is 8.78 Å². The van der Waals surface area contributed by atoms with Crippen LogP contribution in [0, 0.1) is 0 Å². The second-order valence-electron chi connectivity index (χ2n) is 3.77. The molecule has 0 unspecified atom stereocenters. The minimum atomic E-state index is -2.46.